The first-order valence-electron chi connectivity index (χ1n) is 2.72. The van der Waals surface area contributed by atoms with E-state index in [-0.39, 0.29) is 0 Å². The summed E-state index contributed by atoms with van der Waals surface area (Å²) >= 11 is 0. The third kappa shape index (κ3) is 17.8. The van der Waals surface area contributed by atoms with E-state index in [9.17, 15) is 0 Å². The van der Waals surface area contributed by atoms with Crippen molar-refractivity contribution in [3.8, 4) is 0 Å². The van der Waals surface area contributed by atoms with Gasteiger partial charge in [0.05, 0.1) is 0 Å². The maximum atomic E-state index is 4.78. The summed E-state index contributed by atoms with van der Waals surface area (Å²) in [5.74, 6) is 0. The first kappa shape index (κ1) is 12.1. The Kier molecular flexibility index (Phi) is 15.0. The minimum atomic E-state index is -0.868. The Hall–Kier alpha value is 0.354. The van der Waals surface area contributed by atoms with Gasteiger partial charge in [-0.1, -0.05) is 13.1 Å². The lowest BCUT2D eigenvalue weighted by atomic mass is 11.8. The van der Waals surface area contributed by atoms with E-state index in [0.29, 0.717) is 0 Å². The van der Waals surface area contributed by atoms with Crippen molar-refractivity contribution in [3.63, 3.8) is 0 Å². The van der Waals surface area contributed by atoms with Gasteiger partial charge in [0.15, 0.2) is 0 Å². The first-order valence-corrected chi connectivity index (χ1v) is 6.54. The highest BCUT2D eigenvalue weighted by atomic mass is 28.3. The monoisotopic (exact) mass is 163 g/mol. The van der Waals surface area contributed by atoms with Crippen molar-refractivity contribution in [2.45, 2.75) is 19.6 Å². The zero-order valence-corrected chi connectivity index (χ0v) is 8.82. The Morgan fingerprint density at radius 1 is 1.11 bits per heavy atom. The normalized spacial score (nSPS) is 8.67. The molecule has 0 aliphatic heterocycles. The average molecular weight is 163 g/mol. The van der Waals surface area contributed by atoms with Gasteiger partial charge in [-0.2, -0.15) is 0 Å². The Morgan fingerprint density at radius 2 is 1.33 bits per heavy atom. The lowest BCUT2D eigenvalue weighted by Crippen LogP contribution is -2.12. The summed E-state index contributed by atoms with van der Waals surface area (Å²) in [4.78, 5) is 0. The standard InChI is InChI=1S/C3H9O2Si.C2H6Si/c1-4-6(3)5-2;1-3-2/h1-3H3;1-2H3. The summed E-state index contributed by atoms with van der Waals surface area (Å²) in [7, 11) is 3.52. The van der Waals surface area contributed by atoms with Gasteiger partial charge in [0.1, 0.15) is 0 Å². The molecule has 3 radical (unpaired) electrons. The summed E-state index contributed by atoms with van der Waals surface area (Å²) in [5.41, 5.74) is 0. The zero-order valence-electron chi connectivity index (χ0n) is 6.82. The summed E-state index contributed by atoms with van der Waals surface area (Å²) in [5, 5.41) is 0. The van der Waals surface area contributed by atoms with Crippen LogP contribution in [0.2, 0.25) is 19.6 Å². The van der Waals surface area contributed by atoms with Gasteiger partial charge in [-0.05, 0) is 6.55 Å². The minimum Gasteiger partial charge on any atom is -0.397 e. The zero-order chi connectivity index (χ0) is 7.70. The van der Waals surface area contributed by atoms with E-state index in [0.717, 1.165) is 9.52 Å². The molecule has 55 valence electrons. The fraction of sp³-hybridized carbons (Fsp3) is 1.00. The van der Waals surface area contributed by atoms with Crippen LogP contribution in [0.4, 0.5) is 0 Å². The predicted octanol–water partition coefficient (Wildman–Crippen LogP) is 1.18. The van der Waals surface area contributed by atoms with Crippen molar-refractivity contribution >= 4 is 18.8 Å². The van der Waals surface area contributed by atoms with Gasteiger partial charge in [-0.25, -0.2) is 0 Å². The molecule has 0 aromatic rings. The second kappa shape index (κ2) is 11.2. The highest BCUT2D eigenvalue weighted by Crippen LogP contribution is 1.77. The van der Waals surface area contributed by atoms with E-state index in [1.807, 2.05) is 6.55 Å². The molecule has 0 saturated carbocycles. The number of rotatable bonds is 2. The van der Waals surface area contributed by atoms with Gasteiger partial charge in [0.25, 0.3) is 0 Å². The molecule has 0 aliphatic rings. The molecule has 0 bridgehead atoms. The minimum absolute atomic E-state index is 0.868. The van der Waals surface area contributed by atoms with Crippen LogP contribution in [0.5, 0.6) is 0 Å². The van der Waals surface area contributed by atoms with Crippen molar-refractivity contribution in [1.29, 1.82) is 0 Å². The predicted molar refractivity (Wildman–Crippen MR) is 43.1 cm³/mol. The Morgan fingerprint density at radius 3 is 1.33 bits per heavy atom. The van der Waals surface area contributed by atoms with Crippen molar-refractivity contribution in [3.05, 3.63) is 0 Å². The van der Waals surface area contributed by atoms with Gasteiger partial charge < -0.3 is 8.85 Å². The fourth-order valence-corrected chi connectivity index (χ4v) is 0.250. The average Bonchev–Trinajstić information content (AvgIpc) is 1.88. The SMILES string of the molecule is CO[Si](C)OC.C[Si]C. The number of hydrogen-bond donors (Lipinski definition) is 0. The maximum Gasteiger partial charge on any atom is 0.380 e. The van der Waals surface area contributed by atoms with E-state index < -0.39 is 9.28 Å². The van der Waals surface area contributed by atoms with Gasteiger partial charge in [-0.15, -0.1) is 0 Å². The van der Waals surface area contributed by atoms with Crippen LogP contribution in [0.15, 0.2) is 0 Å². The molecule has 0 N–H and O–H groups in total. The summed E-state index contributed by atoms with van der Waals surface area (Å²) in [6.45, 7) is 6.24. The highest BCUT2D eigenvalue weighted by Gasteiger charge is 1.97. The number of hydrogen-bond acceptors (Lipinski definition) is 2. The molecule has 0 amide bonds. The first-order chi connectivity index (χ1) is 4.22. The largest absolute Gasteiger partial charge is 0.397 e. The molecular formula is C5H15O2Si2. The van der Waals surface area contributed by atoms with Gasteiger partial charge >= 0.3 is 9.28 Å². The van der Waals surface area contributed by atoms with Crippen LogP contribution in [-0.4, -0.2) is 33.0 Å². The van der Waals surface area contributed by atoms with Crippen LogP contribution in [0.3, 0.4) is 0 Å². The molecule has 0 unspecified atom stereocenters. The molecule has 0 aliphatic carbocycles. The lowest BCUT2D eigenvalue weighted by molar-refractivity contribution is 0.285. The van der Waals surface area contributed by atoms with E-state index >= 15 is 0 Å². The van der Waals surface area contributed by atoms with Gasteiger partial charge in [-0.3, -0.25) is 0 Å². The lowest BCUT2D eigenvalue weighted by Gasteiger charge is -1.98. The van der Waals surface area contributed by atoms with Crippen molar-refractivity contribution in [1.82, 2.24) is 0 Å². The van der Waals surface area contributed by atoms with Gasteiger partial charge in [0, 0.05) is 23.7 Å². The van der Waals surface area contributed by atoms with Crippen LogP contribution < -0.4 is 0 Å². The van der Waals surface area contributed by atoms with Crippen LogP contribution in [0.1, 0.15) is 0 Å². The van der Waals surface area contributed by atoms with Crippen LogP contribution in [0, 0.1) is 0 Å². The molecule has 9 heavy (non-hydrogen) atoms. The van der Waals surface area contributed by atoms with Crippen molar-refractivity contribution < 1.29 is 8.85 Å². The van der Waals surface area contributed by atoms with Crippen molar-refractivity contribution in [2.24, 2.45) is 0 Å². The molecule has 0 saturated heterocycles. The Balaban J connectivity index is 0. The molecule has 0 rings (SSSR count). The molecule has 0 atom stereocenters. The highest BCUT2D eigenvalue weighted by molar-refractivity contribution is 6.42. The molecule has 0 heterocycles. The second-order valence-corrected chi connectivity index (χ2v) is 4.20. The van der Waals surface area contributed by atoms with Crippen LogP contribution >= 0.6 is 0 Å². The molecule has 0 aromatic heterocycles. The molecule has 4 heteroatoms. The third-order valence-electron chi connectivity index (χ3n) is 0.575. The van der Waals surface area contributed by atoms with Crippen LogP contribution in [0.25, 0.3) is 0 Å². The van der Waals surface area contributed by atoms with Crippen molar-refractivity contribution in [2.75, 3.05) is 14.2 Å². The molecular weight excluding hydrogens is 148 g/mol. The van der Waals surface area contributed by atoms with Crippen LogP contribution in [-0.2, 0) is 8.85 Å². The van der Waals surface area contributed by atoms with E-state index in [1.54, 1.807) is 14.2 Å². The summed E-state index contributed by atoms with van der Waals surface area (Å²) < 4.78 is 9.56. The molecule has 0 fully saturated rings. The van der Waals surface area contributed by atoms with E-state index in [1.165, 1.54) is 0 Å². The van der Waals surface area contributed by atoms with E-state index in [2.05, 4.69) is 13.1 Å². The topological polar surface area (TPSA) is 18.5 Å². The smallest absolute Gasteiger partial charge is 0.380 e. The van der Waals surface area contributed by atoms with E-state index in [4.69, 9.17) is 8.85 Å². The quantitative estimate of drug-likeness (QED) is 0.569. The second-order valence-electron chi connectivity index (χ2n) is 1.40. The van der Waals surface area contributed by atoms with Gasteiger partial charge in [0.2, 0.25) is 0 Å². The summed E-state index contributed by atoms with van der Waals surface area (Å²) in [6.07, 6.45) is 0. The molecule has 2 nitrogen and oxygen atoms in total. The Labute approximate surface area is 62.2 Å². The Bertz CT molecular complexity index is 39.9. The molecule has 0 aromatic carbocycles. The third-order valence-corrected chi connectivity index (χ3v) is 1.72. The summed E-state index contributed by atoms with van der Waals surface area (Å²) in [6, 6.07) is 0. The fourth-order valence-electron chi connectivity index (χ4n) is 0.0833. The molecule has 0 spiro atoms. The maximum absolute atomic E-state index is 4.78.